The highest BCUT2D eigenvalue weighted by Crippen LogP contribution is 2.29. The maximum atomic E-state index is 10.7. The number of aliphatic carboxylic acids is 1. The molecule has 0 amide bonds. The van der Waals surface area contributed by atoms with Crippen LogP contribution in [0.3, 0.4) is 0 Å². The van der Waals surface area contributed by atoms with Gasteiger partial charge in [-0.3, -0.25) is 0 Å². The smallest absolute Gasteiger partial charge is 0.328 e. The summed E-state index contributed by atoms with van der Waals surface area (Å²) in [6, 6.07) is 5.46. The van der Waals surface area contributed by atoms with Gasteiger partial charge in [0.1, 0.15) is 0 Å². The Balaban J connectivity index is 2.33. The summed E-state index contributed by atoms with van der Waals surface area (Å²) in [7, 11) is 0. The molecule has 1 heterocycles. The number of anilines is 1. The van der Waals surface area contributed by atoms with Gasteiger partial charge in [-0.2, -0.15) is 0 Å². The van der Waals surface area contributed by atoms with Crippen LogP contribution in [0.2, 0.25) is 5.02 Å². The number of ether oxygens (including phenoxy) is 1. The molecule has 0 unspecified atom stereocenters. The number of morpholine rings is 1. The number of carboxylic acids is 1. The van der Waals surface area contributed by atoms with Crippen molar-refractivity contribution in [1.29, 1.82) is 0 Å². The Morgan fingerprint density at radius 2 is 2.25 bits per heavy atom. The van der Waals surface area contributed by atoms with Crippen LogP contribution in [-0.2, 0) is 9.53 Å². The van der Waals surface area contributed by atoms with Crippen LogP contribution < -0.4 is 4.90 Å². The third kappa shape index (κ3) is 3.74. The lowest BCUT2D eigenvalue weighted by Gasteiger charge is -2.40. The first-order chi connectivity index (χ1) is 9.37. The van der Waals surface area contributed by atoms with Gasteiger partial charge in [-0.25, -0.2) is 4.79 Å². The summed E-state index contributed by atoms with van der Waals surface area (Å²) in [5.41, 5.74) is 1.55. The fourth-order valence-corrected chi connectivity index (χ4v) is 2.48. The summed E-state index contributed by atoms with van der Waals surface area (Å²) < 4.78 is 5.70. The predicted octanol–water partition coefficient (Wildman–Crippen LogP) is 3.05. The highest BCUT2D eigenvalue weighted by atomic mass is 35.5. The lowest BCUT2D eigenvalue weighted by Crippen LogP contribution is -2.48. The Hall–Kier alpha value is -1.52. The molecular formula is C15H18ClNO3. The zero-order valence-corrected chi connectivity index (χ0v) is 12.4. The summed E-state index contributed by atoms with van der Waals surface area (Å²) in [5.74, 6) is -0.965. The first-order valence-electron chi connectivity index (χ1n) is 6.47. The van der Waals surface area contributed by atoms with Crippen molar-refractivity contribution in [2.45, 2.75) is 19.4 Å². The molecular weight excluding hydrogens is 278 g/mol. The van der Waals surface area contributed by atoms with E-state index in [2.05, 4.69) is 4.90 Å². The molecule has 0 atom stereocenters. The Bertz CT molecular complexity index is 540. The Morgan fingerprint density at radius 3 is 2.90 bits per heavy atom. The molecule has 4 nitrogen and oxygen atoms in total. The Labute approximate surface area is 123 Å². The molecule has 2 rings (SSSR count). The molecule has 0 radical (unpaired) electrons. The largest absolute Gasteiger partial charge is 0.478 e. The van der Waals surface area contributed by atoms with Crippen LogP contribution in [0, 0.1) is 0 Å². The standard InChI is InChI=1S/C15H18ClNO3/c1-15(2)10-17(7-8-20-15)13-9-12(16)5-3-11(13)4-6-14(18)19/h3-6,9H,7-8,10H2,1-2H3,(H,18,19)/b6-4+. The number of halogens is 1. The highest BCUT2D eigenvalue weighted by Gasteiger charge is 2.28. The van der Waals surface area contributed by atoms with Gasteiger partial charge in [-0.1, -0.05) is 17.7 Å². The van der Waals surface area contributed by atoms with E-state index in [1.807, 2.05) is 26.0 Å². The monoisotopic (exact) mass is 295 g/mol. The fourth-order valence-electron chi connectivity index (χ4n) is 2.31. The molecule has 0 aliphatic carbocycles. The van der Waals surface area contributed by atoms with Crippen LogP contribution in [0.15, 0.2) is 24.3 Å². The zero-order chi connectivity index (χ0) is 14.8. The number of hydrogen-bond acceptors (Lipinski definition) is 3. The minimum atomic E-state index is -0.965. The topological polar surface area (TPSA) is 49.8 Å². The number of rotatable bonds is 3. The average Bonchev–Trinajstić information content (AvgIpc) is 2.36. The predicted molar refractivity (Wildman–Crippen MR) is 80.4 cm³/mol. The van der Waals surface area contributed by atoms with E-state index in [1.165, 1.54) is 0 Å². The summed E-state index contributed by atoms with van der Waals surface area (Å²) in [6.07, 6.45) is 2.73. The summed E-state index contributed by atoms with van der Waals surface area (Å²) in [4.78, 5) is 12.9. The first kappa shape index (κ1) is 14.9. The van der Waals surface area contributed by atoms with Crippen molar-refractivity contribution < 1.29 is 14.6 Å². The van der Waals surface area contributed by atoms with Crippen LogP contribution in [0.1, 0.15) is 19.4 Å². The molecule has 108 valence electrons. The molecule has 1 aromatic rings. The van der Waals surface area contributed by atoms with Crippen LogP contribution in [0.25, 0.3) is 6.08 Å². The molecule has 0 spiro atoms. The lowest BCUT2D eigenvalue weighted by atomic mass is 10.0. The van der Waals surface area contributed by atoms with Crippen molar-refractivity contribution in [3.05, 3.63) is 34.9 Å². The molecule has 1 aliphatic rings. The molecule has 0 saturated carbocycles. The third-order valence-electron chi connectivity index (χ3n) is 3.16. The number of carbonyl (C=O) groups is 1. The molecule has 20 heavy (non-hydrogen) atoms. The van der Waals surface area contributed by atoms with Crippen molar-refractivity contribution in [2.24, 2.45) is 0 Å². The minimum absolute atomic E-state index is 0.228. The molecule has 1 fully saturated rings. The second-order valence-corrected chi connectivity index (χ2v) is 5.84. The van der Waals surface area contributed by atoms with Crippen LogP contribution >= 0.6 is 11.6 Å². The van der Waals surface area contributed by atoms with E-state index in [1.54, 1.807) is 12.1 Å². The fraction of sp³-hybridized carbons (Fsp3) is 0.400. The number of benzene rings is 1. The molecule has 0 aromatic heterocycles. The SMILES string of the molecule is CC1(C)CN(c2cc(Cl)ccc2/C=C/C(=O)O)CCO1. The molecule has 1 aliphatic heterocycles. The molecule has 1 aromatic carbocycles. The Kier molecular flexibility index (Phi) is 4.35. The summed E-state index contributed by atoms with van der Waals surface area (Å²) in [5, 5.41) is 9.40. The lowest BCUT2D eigenvalue weighted by molar-refractivity contribution is -0.131. The molecule has 1 saturated heterocycles. The van der Waals surface area contributed by atoms with Gasteiger partial charge in [-0.15, -0.1) is 0 Å². The second kappa shape index (κ2) is 5.85. The van der Waals surface area contributed by atoms with E-state index < -0.39 is 5.97 Å². The number of hydrogen-bond donors (Lipinski definition) is 1. The molecule has 1 N–H and O–H groups in total. The van der Waals surface area contributed by atoms with Crippen molar-refractivity contribution >= 4 is 29.3 Å². The molecule has 0 bridgehead atoms. The van der Waals surface area contributed by atoms with Gasteiger partial charge >= 0.3 is 5.97 Å². The minimum Gasteiger partial charge on any atom is -0.478 e. The van der Waals surface area contributed by atoms with E-state index in [-0.39, 0.29) is 5.60 Å². The van der Waals surface area contributed by atoms with Gasteiger partial charge in [0.05, 0.1) is 12.2 Å². The van der Waals surface area contributed by atoms with E-state index in [9.17, 15) is 4.79 Å². The van der Waals surface area contributed by atoms with E-state index in [0.717, 1.165) is 30.4 Å². The average molecular weight is 296 g/mol. The summed E-state index contributed by atoms with van der Waals surface area (Å²) in [6.45, 7) is 6.22. The molecule has 5 heteroatoms. The quantitative estimate of drug-likeness (QED) is 0.871. The van der Waals surface area contributed by atoms with Gasteiger partial charge in [0.25, 0.3) is 0 Å². The highest BCUT2D eigenvalue weighted by molar-refractivity contribution is 6.31. The van der Waals surface area contributed by atoms with Gasteiger partial charge in [0.15, 0.2) is 0 Å². The van der Waals surface area contributed by atoms with Crippen LogP contribution in [-0.4, -0.2) is 36.4 Å². The van der Waals surface area contributed by atoms with Crippen molar-refractivity contribution in [3.63, 3.8) is 0 Å². The number of nitrogens with zero attached hydrogens (tertiary/aromatic N) is 1. The van der Waals surface area contributed by atoms with Gasteiger partial charge < -0.3 is 14.7 Å². The number of carboxylic acid groups (broad SMARTS) is 1. The van der Waals surface area contributed by atoms with E-state index in [4.69, 9.17) is 21.4 Å². The van der Waals surface area contributed by atoms with Crippen LogP contribution in [0.4, 0.5) is 5.69 Å². The van der Waals surface area contributed by atoms with E-state index in [0.29, 0.717) is 11.6 Å². The van der Waals surface area contributed by atoms with Crippen LogP contribution in [0.5, 0.6) is 0 Å². The normalized spacial score (nSPS) is 18.4. The van der Waals surface area contributed by atoms with Gasteiger partial charge in [0.2, 0.25) is 0 Å². The maximum Gasteiger partial charge on any atom is 0.328 e. The zero-order valence-electron chi connectivity index (χ0n) is 11.6. The van der Waals surface area contributed by atoms with Crippen molar-refractivity contribution in [3.8, 4) is 0 Å². The van der Waals surface area contributed by atoms with Gasteiger partial charge in [0, 0.05) is 29.9 Å². The van der Waals surface area contributed by atoms with Crippen molar-refractivity contribution in [1.82, 2.24) is 0 Å². The Morgan fingerprint density at radius 1 is 1.50 bits per heavy atom. The third-order valence-corrected chi connectivity index (χ3v) is 3.40. The summed E-state index contributed by atoms with van der Waals surface area (Å²) >= 11 is 6.07. The van der Waals surface area contributed by atoms with Gasteiger partial charge in [-0.05, 0) is 37.6 Å². The first-order valence-corrected chi connectivity index (χ1v) is 6.85. The second-order valence-electron chi connectivity index (χ2n) is 5.40. The van der Waals surface area contributed by atoms with Crippen molar-refractivity contribution in [2.75, 3.05) is 24.6 Å². The van der Waals surface area contributed by atoms with E-state index >= 15 is 0 Å². The maximum absolute atomic E-state index is 10.7.